The highest BCUT2D eigenvalue weighted by Gasteiger charge is 2.41. The van der Waals surface area contributed by atoms with Crippen LogP contribution in [0, 0.1) is 11.3 Å². The van der Waals surface area contributed by atoms with Gasteiger partial charge in [-0.05, 0) is 6.42 Å². The van der Waals surface area contributed by atoms with E-state index in [0.29, 0.717) is 12.0 Å². The van der Waals surface area contributed by atoms with Gasteiger partial charge in [-0.25, -0.2) is 4.98 Å². The number of primary amides is 1. The molecule has 2 aromatic rings. The number of amides is 1. The predicted octanol–water partition coefficient (Wildman–Crippen LogP) is 1.46. The number of fused-ring (bicyclic) bond motifs is 3. The van der Waals surface area contributed by atoms with Crippen LogP contribution in [0.5, 0.6) is 0 Å². The van der Waals surface area contributed by atoms with Crippen molar-refractivity contribution in [3.05, 3.63) is 35.3 Å². The van der Waals surface area contributed by atoms with Crippen LogP contribution >= 0.6 is 0 Å². The third-order valence-corrected chi connectivity index (χ3v) is 3.85. The molecule has 5 heteroatoms. The number of rotatable bonds is 1. The van der Waals surface area contributed by atoms with Crippen LogP contribution in [0.1, 0.15) is 43.0 Å². The van der Waals surface area contributed by atoms with Gasteiger partial charge in [-0.15, -0.1) is 0 Å². The van der Waals surface area contributed by atoms with Crippen LogP contribution in [0.15, 0.2) is 18.5 Å². The molecule has 0 radical (unpaired) electrons. The Morgan fingerprint density at radius 1 is 1.63 bits per heavy atom. The molecular weight excluding hydrogens is 240 g/mol. The van der Waals surface area contributed by atoms with E-state index in [-0.39, 0.29) is 17.2 Å². The molecule has 1 amide bonds. The standard InChI is InChI=1S/C14H14N4O/c1-14(2)4-9(13(16)19)10-6-17-11-3-8(5-15)7-18(11)12(10)14/h3,6-7,9H,4H2,1-2H3,(H2,16,19). The van der Waals surface area contributed by atoms with Crippen molar-refractivity contribution in [1.29, 1.82) is 5.26 Å². The molecule has 0 spiro atoms. The monoisotopic (exact) mass is 254 g/mol. The quantitative estimate of drug-likeness (QED) is 0.836. The zero-order valence-electron chi connectivity index (χ0n) is 10.8. The number of hydrogen-bond donors (Lipinski definition) is 1. The molecule has 0 bridgehead atoms. The van der Waals surface area contributed by atoms with E-state index >= 15 is 0 Å². The summed E-state index contributed by atoms with van der Waals surface area (Å²) in [6, 6.07) is 3.86. The normalized spacial score (nSPS) is 20.2. The Balaban J connectivity index is 2.35. The molecule has 2 heterocycles. The van der Waals surface area contributed by atoms with Gasteiger partial charge in [0.05, 0.1) is 11.5 Å². The Kier molecular flexibility index (Phi) is 2.21. The van der Waals surface area contributed by atoms with Gasteiger partial charge in [0.15, 0.2) is 0 Å². The molecule has 1 unspecified atom stereocenters. The number of aromatic nitrogens is 2. The maximum atomic E-state index is 11.6. The summed E-state index contributed by atoms with van der Waals surface area (Å²) in [5.74, 6) is -0.615. The third-order valence-electron chi connectivity index (χ3n) is 3.85. The molecule has 96 valence electrons. The fourth-order valence-electron chi connectivity index (χ4n) is 3.07. The minimum Gasteiger partial charge on any atom is -0.369 e. The lowest BCUT2D eigenvalue weighted by atomic mass is 9.88. The molecule has 2 aromatic heterocycles. The van der Waals surface area contributed by atoms with E-state index in [1.54, 1.807) is 18.5 Å². The van der Waals surface area contributed by atoms with Crippen LogP contribution in [-0.2, 0) is 10.2 Å². The van der Waals surface area contributed by atoms with Gasteiger partial charge < -0.3 is 10.1 Å². The molecule has 3 rings (SSSR count). The molecule has 2 N–H and O–H groups in total. The van der Waals surface area contributed by atoms with Gasteiger partial charge in [0.25, 0.3) is 0 Å². The first-order valence-electron chi connectivity index (χ1n) is 6.15. The van der Waals surface area contributed by atoms with Crippen LogP contribution in [0.25, 0.3) is 5.65 Å². The highest BCUT2D eigenvalue weighted by molar-refractivity contribution is 5.83. The molecule has 0 saturated heterocycles. The van der Waals surface area contributed by atoms with Crippen molar-refractivity contribution in [3.8, 4) is 6.07 Å². The van der Waals surface area contributed by atoms with Crippen LogP contribution in [0.2, 0.25) is 0 Å². The van der Waals surface area contributed by atoms with Crippen molar-refractivity contribution >= 4 is 11.6 Å². The average Bonchev–Trinajstić information content (AvgIpc) is 2.87. The molecule has 0 saturated carbocycles. The van der Waals surface area contributed by atoms with Gasteiger partial charge in [0, 0.05) is 35.1 Å². The second-order valence-corrected chi connectivity index (χ2v) is 5.67. The molecule has 0 aromatic carbocycles. The minimum atomic E-state index is -0.319. The van der Waals surface area contributed by atoms with E-state index in [1.807, 2.05) is 4.40 Å². The SMILES string of the molecule is CC1(C)CC(C(N)=O)c2cnc3cc(C#N)cn3c21. The van der Waals surface area contributed by atoms with Crippen LogP contribution in [-0.4, -0.2) is 15.3 Å². The molecule has 1 atom stereocenters. The number of nitriles is 1. The number of nitrogens with two attached hydrogens (primary N) is 1. The largest absolute Gasteiger partial charge is 0.369 e. The fourth-order valence-corrected chi connectivity index (χ4v) is 3.07. The van der Waals surface area contributed by atoms with Crippen LogP contribution < -0.4 is 5.73 Å². The first kappa shape index (κ1) is 11.7. The summed E-state index contributed by atoms with van der Waals surface area (Å²) in [5.41, 5.74) is 8.53. The highest BCUT2D eigenvalue weighted by Crippen LogP contribution is 2.45. The van der Waals surface area contributed by atoms with Crippen molar-refractivity contribution in [2.75, 3.05) is 0 Å². The number of hydrogen-bond acceptors (Lipinski definition) is 3. The minimum absolute atomic E-state index is 0.165. The fraction of sp³-hybridized carbons (Fsp3) is 0.357. The van der Waals surface area contributed by atoms with Crippen molar-refractivity contribution in [2.45, 2.75) is 31.6 Å². The van der Waals surface area contributed by atoms with Gasteiger partial charge in [0.2, 0.25) is 5.91 Å². The molecular formula is C14H14N4O. The molecule has 0 fully saturated rings. The van der Waals surface area contributed by atoms with E-state index in [9.17, 15) is 4.79 Å². The van der Waals surface area contributed by atoms with E-state index < -0.39 is 0 Å². The van der Waals surface area contributed by atoms with Gasteiger partial charge in [-0.1, -0.05) is 13.8 Å². The average molecular weight is 254 g/mol. The van der Waals surface area contributed by atoms with E-state index in [2.05, 4.69) is 24.9 Å². The second-order valence-electron chi connectivity index (χ2n) is 5.67. The van der Waals surface area contributed by atoms with Crippen molar-refractivity contribution in [3.63, 3.8) is 0 Å². The van der Waals surface area contributed by atoms with Crippen molar-refractivity contribution in [2.24, 2.45) is 5.73 Å². The summed E-state index contributed by atoms with van der Waals surface area (Å²) in [5, 5.41) is 8.99. The molecule has 1 aliphatic carbocycles. The Bertz CT molecular complexity index is 736. The topological polar surface area (TPSA) is 84.2 Å². The smallest absolute Gasteiger partial charge is 0.225 e. The lowest BCUT2D eigenvalue weighted by Crippen LogP contribution is -2.21. The van der Waals surface area contributed by atoms with Crippen molar-refractivity contribution < 1.29 is 4.79 Å². The lowest BCUT2D eigenvalue weighted by Gasteiger charge is -2.20. The lowest BCUT2D eigenvalue weighted by molar-refractivity contribution is -0.119. The summed E-state index contributed by atoms with van der Waals surface area (Å²) in [4.78, 5) is 15.9. The van der Waals surface area contributed by atoms with E-state index in [0.717, 1.165) is 16.9 Å². The number of nitrogens with zero attached hydrogens (tertiary/aromatic N) is 3. The molecule has 0 aliphatic heterocycles. The van der Waals surface area contributed by atoms with Gasteiger partial charge in [-0.3, -0.25) is 4.79 Å². The van der Waals surface area contributed by atoms with Gasteiger partial charge in [0.1, 0.15) is 11.7 Å². The second kappa shape index (κ2) is 3.58. The first-order chi connectivity index (χ1) is 8.94. The Hall–Kier alpha value is -2.35. The first-order valence-corrected chi connectivity index (χ1v) is 6.15. The Morgan fingerprint density at radius 3 is 3.00 bits per heavy atom. The third kappa shape index (κ3) is 1.53. The summed E-state index contributed by atoms with van der Waals surface area (Å²) in [6.45, 7) is 4.17. The summed E-state index contributed by atoms with van der Waals surface area (Å²) in [7, 11) is 0. The molecule has 19 heavy (non-hydrogen) atoms. The zero-order valence-corrected chi connectivity index (χ0v) is 10.8. The number of carbonyl (C=O) groups excluding carboxylic acids is 1. The predicted molar refractivity (Wildman–Crippen MR) is 69.5 cm³/mol. The Labute approximate surface area is 110 Å². The van der Waals surface area contributed by atoms with Crippen molar-refractivity contribution in [1.82, 2.24) is 9.38 Å². The van der Waals surface area contributed by atoms with E-state index in [4.69, 9.17) is 11.0 Å². The molecule has 5 nitrogen and oxygen atoms in total. The van der Waals surface area contributed by atoms with Gasteiger partial charge >= 0.3 is 0 Å². The summed E-state index contributed by atoms with van der Waals surface area (Å²) >= 11 is 0. The molecule has 1 aliphatic rings. The maximum absolute atomic E-state index is 11.6. The summed E-state index contributed by atoms with van der Waals surface area (Å²) < 4.78 is 1.91. The Morgan fingerprint density at radius 2 is 2.37 bits per heavy atom. The van der Waals surface area contributed by atoms with Crippen LogP contribution in [0.4, 0.5) is 0 Å². The van der Waals surface area contributed by atoms with Crippen LogP contribution in [0.3, 0.4) is 0 Å². The number of carbonyl (C=O) groups is 1. The summed E-state index contributed by atoms with van der Waals surface area (Å²) in [6.07, 6.45) is 4.17. The van der Waals surface area contributed by atoms with Gasteiger partial charge in [-0.2, -0.15) is 5.26 Å². The zero-order chi connectivity index (χ0) is 13.8. The highest BCUT2D eigenvalue weighted by atomic mass is 16.1. The maximum Gasteiger partial charge on any atom is 0.225 e. The van der Waals surface area contributed by atoms with E-state index in [1.165, 1.54) is 0 Å².